The predicted molar refractivity (Wildman–Crippen MR) is 117 cm³/mol. The summed E-state index contributed by atoms with van der Waals surface area (Å²) in [6.45, 7) is 4.07. The van der Waals surface area contributed by atoms with Crippen molar-refractivity contribution in [2.45, 2.75) is 45.8 Å². The molecule has 0 radical (unpaired) electrons. The van der Waals surface area contributed by atoms with Gasteiger partial charge in [-0.05, 0) is 36.8 Å². The van der Waals surface area contributed by atoms with Gasteiger partial charge in [0, 0.05) is 12.6 Å². The third-order valence-corrected chi connectivity index (χ3v) is 6.06. The zero-order chi connectivity index (χ0) is 21.3. The number of hydrogen-bond donors (Lipinski definition) is 1. The van der Waals surface area contributed by atoms with E-state index in [1.54, 1.807) is 11.4 Å². The molecule has 4 aromatic rings. The maximum absolute atomic E-state index is 13.1. The second-order valence-corrected chi connectivity index (χ2v) is 8.20. The van der Waals surface area contributed by atoms with Crippen LogP contribution in [0.4, 0.5) is 0 Å². The van der Waals surface area contributed by atoms with E-state index in [1.165, 1.54) is 20.3 Å². The molecule has 4 rings (SSSR count). The first-order valence-electron chi connectivity index (χ1n) is 9.92. The zero-order valence-corrected chi connectivity index (χ0v) is 17.7. The third-order valence-electron chi connectivity index (χ3n) is 5.17. The standard InChI is InChI=1S/C21H23N5O3S/c1-3-14(2)22-17(27)13-25-21(29)26-16-10-12-30-18(16)19(28)24(20(26)23-25)11-9-15-7-5-4-6-8-15/h4-8,10,12,14H,3,9,11,13H2,1-2H3,(H,22,27). The quantitative estimate of drug-likeness (QED) is 0.491. The third kappa shape index (κ3) is 3.68. The zero-order valence-electron chi connectivity index (χ0n) is 16.9. The molecule has 3 aromatic heterocycles. The summed E-state index contributed by atoms with van der Waals surface area (Å²) in [4.78, 5) is 38.4. The van der Waals surface area contributed by atoms with Crippen molar-refractivity contribution in [3.8, 4) is 0 Å². The van der Waals surface area contributed by atoms with Gasteiger partial charge in [0.05, 0.1) is 5.52 Å². The number of aromatic nitrogens is 4. The highest BCUT2D eigenvalue weighted by atomic mass is 32.1. The van der Waals surface area contributed by atoms with Gasteiger partial charge in [-0.25, -0.2) is 13.9 Å². The minimum atomic E-state index is -0.429. The normalized spacial score (nSPS) is 12.5. The number of nitrogens with one attached hydrogen (secondary N) is 1. The maximum atomic E-state index is 13.1. The van der Waals surface area contributed by atoms with Gasteiger partial charge in [0.25, 0.3) is 5.56 Å². The van der Waals surface area contributed by atoms with Crippen LogP contribution in [0.5, 0.6) is 0 Å². The van der Waals surface area contributed by atoms with Gasteiger partial charge in [-0.2, -0.15) is 0 Å². The fraction of sp³-hybridized carbons (Fsp3) is 0.333. The summed E-state index contributed by atoms with van der Waals surface area (Å²) in [6.07, 6.45) is 1.42. The van der Waals surface area contributed by atoms with Gasteiger partial charge in [-0.3, -0.25) is 14.2 Å². The van der Waals surface area contributed by atoms with Crippen LogP contribution in [0.2, 0.25) is 0 Å². The molecule has 0 aliphatic carbocycles. The number of carbonyl (C=O) groups is 1. The Hall–Kier alpha value is -3.20. The van der Waals surface area contributed by atoms with E-state index in [2.05, 4.69) is 10.4 Å². The molecule has 8 nitrogen and oxygen atoms in total. The van der Waals surface area contributed by atoms with Crippen molar-refractivity contribution < 1.29 is 4.79 Å². The van der Waals surface area contributed by atoms with E-state index in [-0.39, 0.29) is 29.8 Å². The van der Waals surface area contributed by atoms with Crippen LogP contribution in [0.1, 0.15) is 25.8 Å². The first-order valence-corrected chi connectivity index (χ1v) is 10.8. The predicted octanol–water partition coefficient (Wildman–Crippen LogP) is 2.03. The fourth-order valence-electron chi connectivity index (χ4n) is 3.38. The minimum Gasteiger partial charge on any atom is -0.352 e. The molecule has 0 saturated heterocycles. The summed E-state index contributed by atoms with van der Waals surface area (Å²) in [5.74, 6) is -0.0298. The van der Waals surface area contributed by atoms with E-state index in [0.29, 0.717) is 23.2 Å². The number of amides is 1. The van der Waals surface area contributed by atoms with Gasteiger partial charge in [-0.15, -0.1) is 16.4 Å². The molecule has 0 aliphatic heterocycles. The second kappa shape index (κ2) is 8.27. The summed E-state index contributed by atoms with van der Waals surface area (Å²) in [5, 5.41) is 8.99. The number of fused-ring (bicyclic) bond motifs is 3. The summed E-state index contributed by atoms with van der Waals surface area (Å²) >= 11 is 1.30. The smallest absolute Gasteiger partial charge is 0.352 e. The lowest BCUT2D eigenvalue weighted by atomic mass is 10.1. The number of hydrogen-bond acceptors (Lipinski definition) is 5. The highest BCUT2D eigenvalue weighted by Crippen LogP contribution is 2.17. The lowest BCUT2D eigenvalue weighted by Crippen LogP contribution is -2.37. The first kappa shape index (κ1) is 20.1. The molecule has 30 heavy (non-hydrogen) atoms. The lowest BCUT2D eigenvalue weighted by molar-refractivity contribution is -0.122. The van der Waals surface area contributed by atoms with Crippen molar-refractivity contribution in [3.63, 3.8) is 0 Å². The molecule has 1 aromatic carbocycles. The number of nitrogens with zero attached hydrogens (tertiary/aromatic N) is 4. The summed E-state index contributed by atoms with van der Waals surface area (Å²) in [5.41, 5.74) is 1.00. The molecule has 0 aliphatic rings. The Morgan fingerprint density at radius 2 is 1.97 bits per heavy atom. The Morgan fingerprint density at radius 3 is 2.70 bits per heavy atom. The largest absolute Gasteiger partial charge is 0.352 e. The van der Waals surface area contributed by atoms with Gasteiger partial charge in [0.15, 0.2) is 0 Å². The Morgan fingerprint density at radius 1 is 1.20 bits per heavy atom. The van der Waals surface area contributed by atoms with E-state index in [1.807, 2.05) is 44.2 Å². The average molecular weight is 426 g/mol. The number of rotatable bonds is 7. The Balaban J connectivity index is 1.78. The monoisotopic (exact) mass is 425 g/mol. The highest BCUT2D eigenvalue weighted by molar-refractivity contribution is 7.17. The van der Waals surface area contributed by atoms with Crippen molar-refractivity contribution >= 4 is 33.2 Å². The Bertz CT molecular complexity index is 1320. The molecule has 9 heteroatoms. The molecule has 1 atom stereocenters. The average Bonchev–Trinajstić information content (AvgIpc) is 3.34. The number of benzene rings is 1. The molecule has 1 N–H and O–H groups in total. The summed E-state index contributed by atoms with van der Waals surface area (Å²) in [6, 6.07) is 11.6. The molecule has 0 bridgehead atoms. The van der Waals surface area contributed by atoms with Gasteiger partial charge in [-0.1, -0.05) is 37.3 Å². The topological polar surface area (TPSA) is 90.4 Å². The molecular weight excluding hydrogens is 402 g/mol. The van der Waals surface area contributed by atoms with Gasteiger partial charge in [0.1, 0.15) is 11.2 Å². The molecule has 156 valence electrons. The van der Waals surface area contributed by atoms with Crippen LogP contribution in [0.25, 0.3) is 16.0 Å². The molecule has 0 saturated carbocycles. The molecule has 1 unspecified atom stereocenters. The van der Waals surface area contributed by atoms with E-state index < -0.39 is 5.69 Å². The molecule has 0 spiro atoms. The van der Waals surface area contributed by atoms with Crippen molar-refractivity contribution in [2.24, 2.45) is 0 Å². The maximum Gasteiger partial charge on any atom is 0.352 e. The van der Waals surface area contributed by atoms with E-state index in [0.717, 1.165) is 16.7 Å². The van der Waals surface area contributed by atoms with Gasteiger partial charge < -0.3 is 5.32 Å². The van der Waals surface area contributed by atoms with Crippen LogP contribution in [-0.4, -0.2) is 30.7 Å². The SMILES string of the molecule is CCC(C)NC(=O)Cn1nc2n(CCc3ccccc3)c(=O)c3sccc3n2c1=O. The molecular formula is C21H23N5O3S. The van der Waals surface area contributed by atoms with E-state index >= 15 is 0 Å². The fourth-order valence-corrected chi connectivity index (χ4v) is 4.21. The molecule has 0 fully saturated rings. The van der Waals surface area contributed by atoms with Crippen LogP contribution < -0.4 is 16.6 Å². The van der Waals surface area contributed by atoms with Crippen LogP contribution in [0.3, 0.4) is 0 Å². The summed E-state index contributed by atoms with van der Waals surface area (Å²) in [7, 11) is 0. The van der Waals surface area contributed by atoms with Crippen LogP contribution in [-0.2, 0) is 24.3 Å². The Kier molecular flexibility index (Phi) is 5.54. The number of thiophene rings is 1. The molecule has 1 amide bonds. The van der Waals surface area contributed by atoms with E-state index in [4.69, 9.17) is 0 Å². The van der Waals surface area contributed by atoms with Crippen molar-refractivity contribution in [3.05, 3.63) is 68.2 Å². The highest BCUT2D eigenvalue weighted by Gasteiger charge is 2.19. The Labute approximate surface area is 176 Å². The summed E-state index contributed by atoms with van der Waals surface area (Å²) < 4.78 is 4.58. The van der Waals surface area contributed by atoms with Crippen molar-refractivity contribution in [1.82, 2.24) is 24.1 Å². The van der Waals surface area contributed by atoms with Crippen molar-refractivity contribution in [1.29, 1.82) is 0 Å². The van der Waals surface area contributed by atoms with E-state index in [9.17, 15) is 14.4 Å². The van der Waals surface area contributed by atoms with Crippen LogP contribution in [0.15, 0.2) is 51.4 Å². The number of carbonyl (C=O) groups excluding carboxylic acids is 1. The van der Waals surface area contributed by atoms with Gasteiger partial charge in [0.2, 0.25) is 11.7 Å². The second-order valence-electron chi connectivity index (χ2n) is 7.28. The first-order chi connectivity index (χ1) is 14.5. The molecule has 3 heterocycles. The lowest BCUT2D eigenvalue weighted by Gasteiger charge is -2.10. The van der Waals surface area contributed by atoms with Crippen LogP contribution >= 0.6 is 11.3 Å². The van der Waals surface area contributed by atoms with Crippen molar-refractivity contribution in [2.75, 3.05) is 0 Å². The minimum absolute atomic E-state index is 0.0119. The number of aryl methyl sites for hydroxylation is 2. The van der Waals surface area contributed by atoms with Crippen LogP contribution in [0, 0.1) is 0 Å². The van der Waals surface area contributed by atoms with Gasteiger partial charge >= 0.3 is 5.69 Å².